The lowest BCUT2D eigenvalue weighted by Gasteiger charge is -2.09. The summed E-state index contributed by atoms with van der Waals surface area (Å²) in [6.45, 7) is 3.76. The fourth-order valence-corrected chi connectivity index (χ4v) is 1.45. The van der Waals surface area contributed by atoms with Crippen molar-refractivity contribution in [2.45, 2.75) is 26.3 Å². The van der Waals surface area contributed by atoms with Gasteiger partial charge in [-0.25, -0.2) is 0 Å². The third kappa shape index (κ3) is 2.90. The summed E-state index contributed by atoms with van der Waals surface area (Å²) in [6.07, 6.45) is -0.0420. The van der Waals surface area contributed by atoms with E-state index in [0.29, 0.717) is 5.56 Å². The Labute approximate surface area is 94.6 Å². The molecule has 0 bridgehead atoms. The van der Waals surface area contributed by atoms with Crippen LogP contribution in [0.4, 0.5) is 0 Å². The first-order valence-electron chi connectivity index (χ1n) is 5.07. The molecular weight excluding hydrogens is 204 g/mol. The smallest absolute Gasteiger partial charge is 0.234 e. The SMILES string of the molecule is Cc1ccc(C)c(C(=O)CC(N)C(N)=O)c1. The molecule has 1 amide bonds. The molecule has 1 atom stereocenters. The highest BCUT2D eigenvalue weighted by Gasteiger charge is 2.17. The Bertz CT molecular complexity index is 427. The van der Waals surface area contributed by atoms with Crippen molar-refractivity contribution in [3.63, 3.8) is 0 Å². The Morgan fingerprint density at radius 3 is 2.50 bits per heavy atom. The molecule has 0 saturated heterocycles. The number of benzene rings is 1. The minimum Gasteiger partial charge on any atom is -0.368 e. The normalized spacial score (nSPS) is 12.2. The molecule has 4 N–H and O–H groups in total. The van der Waals surface area contributed by atoms with Gasteiger partial charge in [-0.3, -0.25) is 9.59 Å². The standard InChI is InChI=1S/C12H16N2O2/c1-7-3-4-8(2)9(5-7)11(15)6-10(13)12(14)16/h3-5,10H,6,13H2,1-2H3,(H2,14,16). The van der Waals surface area contributed by atoms with Crippen molar-refractivity contribution in [1.82, 2.24) is 0 Å². The van der Waals surface area contributed by atoms with Gasteiger partial charge in [-0.1, -0.05) is 17.7 Å². The Morgan fingerprint density at radius 2 is 1.94 bits per heavy atom. The minimum atomic E-state index is -0.910. The number of carbonyl (C=O) groups excluding carboxylic acids is 2. The molecule has 0 radical (unpaired) electrons. The molecule has 4 nitrogen and oxygen atoms in total. The number of carbonyl (C=O) groups is 2. The van der Waals surface area contributed by atoms with Crippen LogP contribution in [0.1, 0.15) is 27.9 Å². The van der Waals surface area contributed by atoms with Crippen LogP contribution < -0.4 is 11.5 Å². The number of ketones is 1. The molecule has 1 rings (SSSR count). The molecule has 1 unspecified atom stereocenters. The summed E-state index contributed by atoms with van der Waals surface area (Å²) in [4.78, 5) is 22.6. The summed E-state index contributed by atoms with van der Waals surface area (Å²) in [5, 5.41) is 0. The first-order chi connectivity index (χ1) is 7.41. The first-order valence-corrected chi connectivity index (χ1v) is 5.07. The monoisotopic (exact) mass is 220 g/mol. The summed E-state index contributed by atoms with van der Waals surface area (Å²) in [6, 6.07) is 4.69. The maximum atomic E-state index is 11.8. The Hall–Kier alpha value is -1.68. The molecule has 0 fully saturated rings. The third-order valence-corrected chi connectivity index (χ3v) is 2.46. The van der Waals surface area contributed by atoms with Crippen molar-refractivity contribution < 1.29 is 9.59 Å². The van der Waals surface area contributed by atoms with Crippen LogP contribution in [0.2, 0.25) is 0 Å². The number of aryl methyl sites for hydroxylation is 2. The molecule has 0 heterocycles. The van der Waals surface area contributed by atoms with Crippen LogP contribution in [0.25, 0.3) is 0 Å². The van der Waals surface area contributed by atoms with E-state index in [0.717, 1.165) is 11.1 Å². The first kappa shape index (κ1) is 12.4. The number of hydrogen-bond acceptors (Lipinski definition) is 3. The molecule has 0 aliphatic rings. The van der Waals surface area contributed by atoms with Crippen molar-refractivity contribution in [2.75, 3.05) is 0 Å². The zero-order chi connectivity index (χ0) is 12.3. The van der Waals surface area contributed by atoms with Crippen molar-refractivity contribution in [1.29, 1.82) is 0 Å². The fraction of sp³-hybridized carbons (Fsp3) is 0.333. The van der Waals surface area contributed by atoms with Gasteiger partial charge in [-0.15, -0.1) is 0 Å². The number of Topliss-reactive ketones (excluding diaryl/α,β-unsaturated/α-hetero) is 1. The molecule has 0 aliphatic carbocycles. The summed E-state index contributed by atoms with van der Waals surface area (Å²) >= 11 is 0. The van der Waals surface area contributed by atoms with E-state index in [1.54, 1.807) is 6.07 Å². The summed E-state index contributed by atoms with van der Waals surface area (Å²) in [7, 11) is 0. The number of amides is 1. The maximum absolute atomic E-state index is 11.8. The molecule has 0 aliphatic heterocycles. The Kier molecular flexibility index (Phi) is 3.79. The van der Waals surface area contributed by atoms with Gasteiger partial charge < -0.3 is 11.5 Å². The van der Waals surface area contributed by atoms with Crippen LogP contribution in [0.5, 0.6) is 0 Å². The van der Waals surface area contributed by atoms with E-state index in [4.69, 9.17) is 11.5 Å². The van der Waals surface area contributed by atoms with Crippen LogP contribution in [-0.4, -0.2) is 17.7 Å². The highest BCUT2D eigenvalue weighted by Crippen LogP contribution is 2.13. The van der Waals surface area contributed by atoms with Crippen LogP contribution in [0.15, 0.2) is 18.2 Å². The second kappa shape index (κ2) is 4.90. The predicted octanol–water partition coefficient (Wildman–Crippen LogP) is 0.689. The quantitative estimate of drug-likeness (QED) is 0.732. The molecule has 1 aromatic rings. The number of rotatable bonds is 4. The molecule has 0 spiro atoms. The van der Waals surface area contributed by atoms with E-state index >= 15 is 0 Å². The third-order valence-electron chi connectivity index (χ3n) is 2.46. The van der Waals surface area contributed by atoms with E-state index in [-0.39, 0.29) is 12.2 Å². The van der Waals surface area contributed by atoms with Crippen LogP contribution in [-0.2, 0) is 4.79 Å². The molecule has 16 heavy (non-hydrogen) atoms. The molecule has 0 saturated carbocycles. The van der Waals surface area contributed by atoms with Crippen molar-refractivity contribution in [3.05, 3.63) is 34.9 Å². The number of nitrogens with two attached hydrogens (primary N) is 2. The highest BCUT2D eigenvalue weighted by molar-refractivity contribution is 6.00. The fourth-order valence-electron chi connectivity index (χ4n) is 1.45. The topological polar surface area (TPSA) is 86.2 Å². The number of primary amides is 1. The largest absolute Gasteiger partial charge is 0.368 e. The van der Waals surface area contributed by atoms with Gasteiger partial charge in [0.15, 0.2) is 5.78 Å². The van der Waals surface area contributed by atoms with Gasteiger partial charge in [-0.05, 0) is 25.5 Å². The second-order valence-electron chi connectivity index (χ2n) is 3.95. The number of hydrogen-bond donors (Lipinski definition) is 2. The minimum absolute atomic E-state index is 0.0420. The van der Waals surface area contributed by atoms with E-state index in [9.17, 15) is 9.59 Å². The highest BCUT2D eigenvalue weighted by atomic mass is 16.1. The van der Waals surface area contributed by atoms with Crippen LogP contribution >= 0.6 is 0 Å². The lowest BCUT2D eigenvalue weighted by molar-refractivity contribution is -0.119. The van der Waals surface area contributed by atoms with Crippen molar-refractivity contribution >= 4 is 11.7 Å². The molecule has 1 aromatic carbocycles. The van der Waals surface area contributed by atoms with E-state index in [1.807, 2.05) is 26.0 Å². The van der Waals surface area contributed by atoms with Gasteiger partial charge in [0.2, 0.25) is 5.91 Å². The van der Waals surface area contributed by atoms with Crippen LogP contribution in [0, 0.1) is 13.8 Å². The second-order valence-corrected chi connectivity index (χ2v) is 3.95. The zero-order valence-electron chi connectivity index (χ0n) is 9.49. The molecule has 0 aromatic heterocycles. The van der Waals surface area contributed by atoms with E-state index in [1.165, 1.54) is 0 Å². The van der Waals surface area contributed by atoms with Gasteiger partial charge in [0.25, 0.3) is 0 Å². The van der Waals surface area contributed by atoms with Gasteiger partial charge in [-0.2, -0.15) is 0 Å². The summed E-state index contributed by atoms with van der Waals surface area (Å²) in [5.41, 5.74) is 13.0. The van der Waals surface area contributed by atoms with Gasteiger partial charge in [0.1, 0.15) is 0 Å². The van der Waals surface area contributed by atoms with Gasteiger partial charge in [0.05, 0.1) is 6.04 Å². The lowest BCUT2D eigenvalue weighted by Crippen LogP contribution is -2.38. The molecule has 4 heteroatoms. The molecule has 86 valence electrons. The Balaban J connectivity index is 2.88. The average molecular weight is 220 g/mol. The predicted molar refractivity (Wildman–Crippen MR) is 62.0 cm³/mol. The van der Waals surface area contributed by atoms with E-state index < -0.39 is 11.9 Å². The van der Waals surface area contributed by atoms with Gasteiger partial charge in [0, 0.05) is 12.0 Å². The lowest BCUT2D eigenvalue weighted by atomic mass is 9.98. The van der Waals surface area contributed by atoms with Crippen LogP contribution in [0.3, 0.4) is 0 Å². The van der Waals surface area contributed by atoms with E-state index in [2.05, 4.69) is 0 Å². The summed E-state index contributed by atoms with van der Waals surface area (Å²) < 4.78 is 0. The maximum Gasteiger partial charge on any atom is 0.234 e. The molecular formula is C12H16N2O2. The summed E-state index contributed by atoms with van der Waals surface area (Å²) in [5.74, 6) is -0.800. The Morgan fingerprint density at radius 1 is 1.31 bits per heavy atom. The van der Waals surface area contributed by atoms with Crippen molar-refractivity contribution in [3.8, 4) is 0 Å². The zero-order valence-corrected chi connectivity index (χ0v) is 9.49. The average Bonchev–Trinajstić information content (AvgIpc) is 2.21. The van der Waals surface area contributed by atoms with Gasteiger partial charge >= 0.3 is 0 Å². The van der Waals surface area contributed by atoms with Crippen molar-refractivity contribution in [2.24, 2.45) is 11.5 Å².